The van der Waals surface area contributed by atoms with Crippen LogP contribution in [0.5, 0.6) is 0 Å². The van der Waals surface area contributed by atoms with E-state index in [1.54, 1.807) is 42.2 Å². The van der Waals surface area contributed by atoms with Crippen molar-refractivity contribution in [3.8, 4) is 11.4 Å². The van der Waals surface area contributed by atoms with E-state index in [9.17, 15) is 9.59 Å². The zero-order chi connectivity index (χ0) is 20.4. The van der Waals surface area contributed by atoms with Crippen molar-refractivity contribution in [1.82, 2.24) is 24.1 Å². The van der Waals surface area contributed by atoms with Crippen LogP contribution in [-0.4, -0.2) is 30.0 Å². The van der Waals surface area contributed by atoms with Gasteiger partial charge in [0.05, 0.1) is 28.8 Å². The van der Waals surface area contributed by atoms with E-state index in [2.05, 4.69) is 15.5 Å². The standard InChI is InChI=1S/C21H20N6O2/c1-3-19-18(13-22-26(19)16-7-5-4-6-8-16)20(28)24-15-9-11-17(12-10-15)27-21(29)25(2)14-23-27/h4-14H,3H2,1-2H3,(H,24,28). The van der Waals surface area contributed by atoms with Gasteiger partial charge >= 0.3 is 5.69 Å². The second-order valence-electron chi connectivity index (χ2n) is 6.54. The summed E-state index contributed by atoms with van der Waals surface area (Å²) < 4.78 is 4.47. The SMILES string of the molecule is CCc1c(C(=O)Nc2ccc(-n3ncn(C)c3=O)cc2)cnn1-c1ccccc1. The van der Waals surface area contributed by atoms with E-state index >= 15 is 0 Å². The van der Waals surface area contributed by atoms with Gasteiger partial charge in [0.1, 0.15) is 6.33 Å². The Labute approximate surface area is 167 Å². The Morgan fingerprint density at radius 1 is 0.966 bits per heavy atom. The maximum atomic E-state index is 12.8. The van der Waals surface area contributed by atoms with Gasteiger partial charge in [0.25, 0.3) is 5.91 Å². The van der Waals surface area contributed by atoms with Crippen molar-refractivity contribution in [3.05, 3.63) is 88.9 Å². The Balaban J connectivity index is 1.56. The van der Waals surface area contributed by atoms with E-state index in [-0.39, 0.29) is 11.6 Å². The molecule has 0 aliphatic heterocycles. The Morgan fingerprint density at radius 3 is 2.28 bits per heavy atom. The highest BCUT2D eigenvalue weighted by atomic mass is 16.2. The molecular weight excluding hydrogens is 368 g/mol. The van der Waals surface area contributed by atoms with Crippen LogP contribution in [-0.2, 0) is 13.5 Å². The lowest BCUT2D eigenvalue weighted by Crippen LogP contribution is -2.21. The molecule has 4 rings (SSSR count). The number of aryl methyl sites for hydroxylation is 1. The second-order valence-corrected chi connectivity index (χ2v) is 6.54. The molecule has 0 aliphatic carbocycles. The van der Waals surface area contributed by atoms with Gasteiger partial charge in [-0.2, -0.15) is 14.9 Å². The van der Waals surface area contributed by atoms with Crippen molar-refractivity contribution in [3.63, 3.8) is 0 Å². The molecule has 2 aromatic heterocycles. The molecule has 0 radical (unpaired) electrons. The first kappa shape index (κ1) is 18.4. The van der Waals surface area contributed by atoms with E-state index < -0.39 is 0 Å². The number of aromatic nitrogens is 5. The molecule has 0 fully saturated rings. The molecule has 1 amide bonds. The largest absolute Gasteiger partial charge is 0.350 e. The molecule has 4 aromatic rings. The highest BCUT2D eigenvalue weighted by Crippen LogP contribution is 2.18. The monoisotopic (exact) mass is 388 g/mol. The summed E-state index contributed by atoms with van der Waals surface area (Å²) in [6, 6.07) is 16.7. The number of amides is 1. The van der Waals surface area contributed by atoms with Crippen molar-refractivity contribution in [2.75, 3.05) is 5.32 Å². The molecule has 2 aromatic carbocycles. The smallest absolute Gasteiger partial charge is 0.322 e. The number of benzene rings is 2. The third kappa shape index (κ3) is 3.47. The molecule has 2 heterocycles. The zero-order valence-electron chi connectivity index (χ0n) is 16.1. The molecule has 0 bridgehead atoms. The number of nitrogens with zero attached hydrogens (tertiary/aromatic N) is 5. The van der Waals surface area contributed by atoms with Crippen LogP contribution in [0.25, 0.3) is 11.4 Å². The van der Waals surface area contributed by atoms with Gasteiger partial charge in [-0.1, -0.05) is 25.1 Å². The molecule has 0 saturated heterocycles. The number of carbonyl (C=O) groups is 1. The first-order chi connectivity index (χ1) is 14.1. The predicted octanol–water partition coefficient (Wildman–Crippen LogP) is 2.57. The van der Waals surface area contributed by atoms with Crippen LogP contribution in [0.1, 0.15) is 23.0 Å². The van der Waals surface area contributed by atoms with Gasteiger partial charge < -0.3 is 5.32 Å². The minimum Gasteiger partial charge on any atom is -0.322 e. The Hall–Kier alpha value is -3.94. The van der Waals surface area contributed by atoms with Crippen molar-refractivity contribution in [2.45, 2.75) is 13.3 Å². The molecule has 8 heteroatoms. The Kier molecular flexibility index (Phi) is 4.82. The lowest BCUT2D eigenvalue weighted by Gasteiger charge is -2.09. The van der Waals surface area contributed by atoms with Gasteiger partial charge in [-0.25, -0.2) is 9.48 Å². The van der Waals surface area contributed by atoms with E-state index in [0.29, 0.717) is 23.4 Å². The number of para-hydroxylation sites is 1. The summed E-state index contributed by atoms with van der Waals surface area (Å²) in [5.74, 6) is -0.230. The van der Waals surface area contributed by atoms with Crippen molar-refractivity contribution in [1.29, 1.82) is 0 Å². The molecule has 0 unspecified atom stereocenters. The maximum absolute atomic E-state index is 12.8. The Bertz CT molecular complexity index is 1200. The lowest BCUT2D eigenvalue weighted by atomic mass is 10.1. The van der Waals surface area contributed by atoms with Gasteiger partial charge in [0, 0.05) is 12.7 Å². The first-order valence-corrected chi connectivity index (χ1v) is 9.23. The molecule has 8 nitrogen and oxygen atoms in total. The van der Waals surface area contributed by atoms with E-state index in [4.69, 9.17) is 0 Å². The van der Waals surface area contributed by atoms with Crippen LogP contribution < -0.4 is 11.0 Å². The van der Waals surface area contributed by atoms with Crippen LogP contribution in [0.4, 0.5) is 5.69 Å². The summed E-state index contributed by atoms with van der Waals surface area (Å²) in [5.41, 5.74) is 3.29. The summed E-state index contributed by atoms with van der Waals surface area (Å²) in [6.45, 7) is 1.99. The first-order valence-electron chi connectivity index (χ1n) is 9.23. The fraction of sp³-hybridized carbons (Fsp3) is 0.143. The minimum absolute atomic E-state index is 0.230. The summed E-state index contributed by atoms with van der Waals surface area (Å²) in [7, 11) is 1.64. The maximum Gasteiger partial charge on any atom is 0.350 e. The van der Waals surface area contributed by atoms with Gasteiger partial charge in [-0.05, 0) is 42.8 Å². The van der Waals surface area contributed by atoms with Gasteiger partial charge in [0.2, 0.25) is 0 Å². The zero-order valence-corrected chi connectivity index (χ0v) is 16.1. The third-order valence-corrected chi connectivity index (χ3v) is 4.64. The summed E-state index contributed by atoms with van der Waals surface area (Å²) in [4.78, 5) is 24.8. The number of hydrogen-bond donors (Lipinski definition) is 1. The highest BCUT2D eigenvalue weighted by molar-refractivity contribution is 6.05. The minimum atomic E-state index is -0.234. The lowest BCUT2D eigenvalue weighted by molar-refractivity contribution is 0.102. The van der Waals surface area contributed by atoms with E-state index in [1.165, 1.54) is 15.6 Å². The topological polar surface area (TPSA) is 86.7 Å². The summed E-state index contributed by atoms with van der Waals surface area (Å²) in [5, 5.41) is 11.3. The number of carbonyl (C=O) groups excluding carboxylic acids is 1. The average molecular weight is 388 g/mol. The van der Waals surface area contributed by atoms with Gasteiger partial charge in [-0.15, -0.1) is 0 Å². The fourth-order valence-corrected chi connectivity index (χ4v) is 3.13. The molecule has 1 N–H and O–H groups in total. The van der Waals surface area contributed by atoms with Gasteiger partial charge in [0.15, 0.2) is 0 Å². The normalized spacial score (nSPS) is 10.8. The molecule has 146 valence electrons. The molecule has 0 atom stereocenters. The van der Waals surface area contributed by atoms with Crippen LogP contribution in [0.2, 0.25) is 0 Å². The molecule has 0 aliphatic rings. The Morgan fingerprint density at radius 2 is 1.66 bits per heavy atom. The quantitative estimate of drug-likeness (QED) is 0.569. The number of nitrogens with one attached hydrogen (secondary N) is 1. The third-order valence-electron chi connectivity index (χ3n) is 4.64. The summed E-state index contributed by atoms with van der Waals surface area (Å²) >= 11 is 0. The number of rotatable bonds is 5. The fourth-order valence-electron chi connectivity index (χ4n) is 3.13. The van der Waals surface area contributed by atoms with Crippen LogP contribution in [0.15, 0.2) is 71.9 Å². The van der Waals surface area contributed by atoms with E-state index in [1.807, 2.05) is 37.3 Å². The highest BCUT2D eigenvalue weighted by Gasteiger charge is 2.17. The predicted molar refractivity (Wildman–Crippen MR) is 110 cm³/mol. The number of anilines is 1. The molecule has 29 heavy (non-hydrogen) atoms. The second kappa shape index (κ2) is 7.59. The van der Waals surface area contributed by atoms with Crippen molar-refractivity contribution in [2.24, 2.45) is 7.05 Å². The van der Waals surface area contributed by atoms with E-state index in [0.717, 1.165) is 11.4 Å². The summed E-state index contributed by atoms with van der Waals surface area (Å²) in [6.07, 6.45) is 3.71. The molecule has 0 spiro atoms. The van der Waals surface area contributed by atoms with Crippen molar-refractivity contribution < 1.29 is 4.79 Å². The van der Waals surface area contributed by atoms with Gasteiger partial charge in [-0.3, -0.25) is 9.36 Å². The number of hydrogen-bond acceptors (Lipinski definition) is 4. The molecule has 0 saturated carbocycles. The molecular formula is C21H20N6O2. The van der Waals surface area contributed by atoms with Crippen LogP contribution in [0, 0.1) is 0 Å². The van der Waals surface area contributed by atoms with Crippen LogP contribution in [0.3, 0.4) is 0 Å². The van der Waals surface area contributed by atoms with Crippen LogP contribution >= 0.6 is 0 Å². The average Bonchev–Trinajstić information content (AvgIpc) is 3.33. The van der Waals surface area contributed by atoms with Crippen molar-refractivity contribution >= 4 is 11.6 Å².